The second kappa shape index (κ2) is 4.97. The van der Waals surface area contributed by atoms with Crippen LogP contribution in [-0.4, -0.2) is 12.0 Å². The third-order valence-corrected chi connectivity index (χ3v) is 2.65. The van der Waals surface area contributed by atoms with E-state index in [0.717, 1.165) is 24.0 Å². The van der Waals surface area contributed by atoms with Crippen LogP contribution in [-0.2, 0) is 4.18 Å². The molecule has 0 radical (unpaired) electrons. The molecule has 0 aromatic carbocycles. The summed E-state index contributed by atoms with van der Waals surface area (Å²) in [5, 5.41) is 10.7. The molecule has 0 fully saturated rings. The van der Waals surface area contributed by atoms with Crippen molar-refractivity contribution in [2.75, 3.05) is 7.11 Å². The fraction of sp³-hybridized carbons (Fsp3) is 0.333. The van der Waals surface area contributed by atoms with Gasteiger partial charge in [0.25, 0.3) is 5.70 Å². The summed E-state index contributed by atoms with van der Waals surface area (Å²) in [5.74, 6) is 0. The predicted molar refractivity (Wildman–Crippen MR) is 56.1 cm³/mol. The van der Waals surface area contributed by atoms with Crippen LogP contribution in [0.15, 0.2) is 34.4 Å². The van der Waals surface area contributed by atoms with Gasteiger partial charge in [-0.2, -0.15) is 0 Å². The molecule has 0 N–H and O–H groups in total. The Hall–Kier alpha value is -1.07. The molecule has 0 aromatic rings. The monoisotopic (exact) mass is 213 g/mol. The number of nitro groups is 1. The third kappa shape index (κ3) is 2.46. The van der Waals surface area contributed by atoms with Crippen LogP contribution in [0.3, 0.4) is 0 Å². The van der Waals surface area contributed by atoms with Gasteiger partial charge in [0, 0.05) is 18.1 Å². The highest BCUT2D eigenvalue weighted by Gasteiger charge is 2.19. The summed E-state index contributed by atoms with van der Waals surface area (Å²) in [6, 6.07) is 0. The fourth-order valence-electron chi connectivity index (χ4n) is 1.13. The van der Waals surface area contributed by atoms with E-state index in [9.17, 15) is 10.1 Å². The molecular weight excluding hydrogens is 202 g/mol. The van der Waals surface area contributed by atoms with Crippen molar-refractivity contribution in [3.05, 3.63) is 44.5 Å². The molecular formula is C9H11NO3S. The smallest absolute Gasteiger partial charge is 0.285 e. The molecule has 0 aliphatic heterocycles. The van der Waals surface area contributed by atoms with E-state index in [2.05, 4.69) is 0 Å². The zero-order chi connectivity index (χ0) is 10.6. The van der Waals surface area contributed by atoms with Crippen molar-refractivity contribution in [1.82, 2.24) is 0 Å². The van der Waals surface area contributed by atoms with Gasteiger partial charge in [-0.3, -0.25) is 10.1 Å². The van der Waals surface area contributed by atoms with Crippen LogP contribution in [0.1, 0.15) is 13.3 Å². The van der Waals surface area contributed by atoms with Crippen LogP contribution >= 0.6 is 12.0 Å². The molecule has 0 atom stereocenters. The summed E-state index contributed by atoms with van der Waals surface area (Å²) in [5.41, 5.74) is 0.983. The molecule has 14 heavy (non-hydrogen) atoms. The molecule has 0 bridgehead atoms. The minimum Gasteiger partial charge on any atom is -0.313 e. The summed E-state index contributed by atoms with van der Waals surface area (Å²) >= 11 is 1.03. The van der Waals surface area contributed by atoms with Crippen molar-refractivity contribution in [1.29, 1.82) is 0 Å². The van der Waals surface area contributed by atoms with Crippen molar-refractivity contribution in [2.24, 2.45) is 0 Å². The zero-order valence-corrected chi connectivity index (χ0v) is 8.84. The normalized spacial score (nSPS) is 16.6. The summed E-state index contributed by atoms with van der Waals surface area (Å²) in [4.78, 5) is 10.9. The van der Waals surface area contributed by atoms with Gasteiger partial charge in [-0.05, 0) is 18.9 Å². The van der Waals surface area contributed by atoms with Crippen LogP contribution in [0.2, 0.25) is 0 Å². The first-order valence-electron chi connectivity index (χ1n) is 4.09. The van der Waals surface area contributed by atoms with Crippen molar-refractivity contribution < 1.29 is 9.11 Å². The third-order valence-electron chi connectivity index (χ3n) is 1.79. The molecule has 1 aliphatic carbocycles. The van der Waals surface area contributed by atoms with E-state index < -0.39 is 0 Å². The number of hydrogen-bond donors (Lipinski definition) is 0. The van der Waals surface area contributed by atoms with Gasteiger partial charge in [-0.15, -0.1) is 0 Å². The highest BCUT2D eigenvalue weighted by molar-refractivity contribution is 7.98. The first-order chi connectivity index (χ1) is 6.66. The lowest BCUT2D eigenvalue weighted by molar-refractivity contribution is -0.419. The van der Waals surface area contributed by atoms with E-state index in [1.807, 2.05) is 13.0 Å². The Morgan fingerprint density at radius 3 is 2.93 bits per heavy atom. The van der Waals surface area contributed by atoms with E-state index >= 15 is 0 Å². The van der Waals surface area contributed by atoms with Crippen LogP contribution in [0.4, 0.5) is 0 Å². The van der Waals surface area contributed by atoms with Gasteiger partial charge >= 0.3 is 0 Å². The number of nitrogens with zero attached hydrogens (tertiary/aromatic N) is 1. The molecule has 0 saturated heterocycles. The van der Waals surface area contributed by atoms with E-state index in [-0.39, 0.29) is 10.6 Å². The molecule has 0 spiro atoms. The highest BCUT2D eigenvalue weighted by Crippen LogP contribution is 2.30. The standard InChI is InChI=1S/C9H11NO3S/c1-7-5-3-4-6-8(10(11)12)9(7)14-13-2/h4-6H,3H2,1-2H3. The first kappa shape index (κ1) is 11.0. The topological polar surface area (TPSA) is 52.4 Å². The Balaban J connectivity index is 3.14. The maximum Gasteiger partial charge on any atom is 0.285 e. The van der Waals surface area contributed by atoms with Gasteiger partial charge in [0.2, 0.25) is 0 Å². The van der Waals surface area contributed by atoms with Gasteiger partial charge < -0.3 is 4.18 Å². The molecule has 0 saturated carbocycles. The molecule has 0 aromatic heterocycles. The molecule has 0 unspecified atom stereocenters. The van der Waals surface area contributed by atoms with Crippen LogP contribution in [0, 0.1) is 10.1 Å². The Morgan fingerprint density at radius 2 is 2.36 bits per heavy atom. The summed E-state index contributed by atoms with van der Waals surface area (Å²) in [6.07, 6.45) is 5.95. The number of allylic oxidation sites excluding steroid dienone is 4. The van der Waals surface area contributed by atoms with Crippen molar-refractivity contribution in [3.63, 3.8) is 0 Å². The lowest BCUT2D eigenvalue weighted by atomic mass is 10.2. The molecule has 76 valence electrons. The Morgan fingerprint density at radius 1 is 1.64 bits per heavy atom. The largest absolute Gasteiger partial charge is 0.313 e. The molecule has 1 aliphatic rings. The minimum absolute atomic E-state index is 0.100. The lowest BCUT2D eigenvalue weighted by Crippen LogP contribution is -1.99. The maximum absolute atomic E-state index is 10.7. The molecule has 1 rings (SSSR count). The lowest BCUT2D eigenvalue weighted by Gasteiger charge is -2.03. The van der Waals surface area contributed by atoms with Gasteiger partial charge in [0.15, 0.2) is 0 Å². The minimum atomic E-state index is -0.388. The summed E-state index contributed by atoms with van der Waals surface area (Å²) < 4.78 is 4.87. The van der Waals surface area contributed by atoms with E-state index in [1.54, 1.807) is 6.08 Å². The molecule has 0 heterocycles. The van der Waals surface area contributed by atoms with Gasteiger partial charge in [-0.1, -0.05) is 12.2 Å². The average Bonchev–Trinajstić information content (AvgIpc) is 2.30. The van der Waals surface area contributed by atoms with E-state index in [4.69, 9.17) is 4.18 Å². The van der Waals surface area contributed by atoms with E-state index in [1.165, 1.54) is 13.2 Å². The second-order valence-corrected chi connectivity index (χ2v) is 3.65. The average molecular weight is 213 g/mol. The predicted octanol–water partition coefficient (Wildman–Crippen LogP) is 2.68. The maximum atomic E-state index is 10.7. The Labute approximate surface area is 86.7 Å². The second-order valence-electron chi connectivity index (χ2n) is 2.75. The van der Waals surface area contributed by atoms with Crippen LogP contribution in [0.25, 0.3) is 0 Å². The quantitative estimate of drug-likeness (QED) is 0.411. The zero-order valence-electron chi connectivity index (χ0n) is 8.02. The highest BCUT2D eigenvalue weighted by atomic mass is 32.2. The SMILES string of the molecule is COSC1=C([N+](=O)[O-])C=CCC=C1C. The Kier molecular flexibility index (Phi) is 3.91. The molecule has 0 amide bonds. The summed E-state index contributed by atoms with van der Waals surface area (Å²) in [7, 11) is 1.50. The Bertz CT molecular complexity index is 331. The van der Waals surface area contributed by atoms with Crippen LogP contribution in [0.5, 0.6) is 0 Å². The van der Waals surface area contributed by atoms with Crippen molar-refractivity contribution in [2.45, 2.75) is 13.3 Å². The first-order valence-corrected chi connectivity index (χ1v) is 4.84. The van der Waals surface area contributed by atoms with Gasteiger partial charge in [-0.25, -0.2) is 0 Å². The van der Waals surface area contributed by atoms with Gasteiger partial charge in [0.1, 0.15) is 4.91 Å². The number of rotatable bonds is 3. The van der Waals surface area contributed by atoms with Gasteiger partial charge in [0.05, 0.1) is 12.0 Å². The molecule has 4 nitrogen and oxygen atoms in total. The van der Waals surface area contributed by atoms with Crippen LogP contribution < -0.4 is 0 Å². The summed E-state index contributed by atoms with van der Waals surface area (Å²) in [6.45, 7) is 1.85. The molecule has 5 heteroatoms. The van der Waals surface area contributed by atoms with Crippen molar-refractivity contribution >= 4 is 12.0 Å². The van der Waals surface area contributed by atoms with Crippen molar-refractivity contribution in [3.8, 4) is 0 Å². The number of hydrogen-bond acceptors (Lipinski definition) is 4. The van der Waals surface area contributed by atoms with E-state index in [0.29, 0.717) is 4.91 Å². The fourth-order valence-corrected chi connectivity index (χ4v) is 1.74.